The Morgan fingerprint density at radius 3 is 2.61 bits per heavy atom. The molecular formula is C24H23F3N6O3. The Hall–Kier alpha value is -3.93. The van der Waals surface area contributed by atoms with E-state index in [-0.39, 0.29) is 18.0 Å². The Labute approximate surface area is 204 Å². The molecule has 188 valence electrons. The first-order valence-corrected chi connectivity index (χ1v) is 11.4. The van der Waals surface area contributed by atoms with Crippen molar-refractivity contribution in [1.29, 1.82) is 0 Å². The number of hydrogen-bond acceptors (Lipinski definition) is 7. The molecule has 1 N–H and O–H groups in total. The number of para-hydroxylation sites is 1. The Morgan fingerprint density at radius 1 is 1.08 bits per heavy atom. The highest BCUT2D eigenvalue weighted by Gasteiger charge is 2.33. The molecule has 2 aromatic heterocycles. The van der Waals surface area contributed by atoms with Crippen LogP contribution in [0.2, 0.25) is 0 Å². The van der Waals surface area contributed by atoms with Gasteiger partial charge in [-0.3, -0.25) is 10.2 Å². The smallest absolute Gasteiger partial charge is 0.417 e. The number of fused-ring (bicyclic) bond motifs is 1. The number of ether oxygens (including phenoxy) is 2. The van der Waals surface area contributed by atoms with Gasteiger partial charge in [-0.05, 0) is 24.3 Å². The third-order valence-corrected chi connectivity index (χ3v) is 6.13. The van der Waals surface area contributed by atoms with E-state index in [4.69, 9.17) is 9.47 Å². The lowest BCUT2D eigenvalue weighted by atomic mass is 9.97. The maximum absolute atomic E-state index is 12.8. The Balaban J connectivity index is 1.25. The van der Waals surface area contributed by atoms with Crippen molar-refractivity contribution in [3.63, 3.8) is 0 Å². The average molecular weight is 500 g/mol. The average Bonchev–Trinajstić information content (AvgIpc) is 2.89. The third-order valence-electron chi connectivity index (χ3n) is 6.13. The number of benzene rings is 1. The molecular weight excluding hydrogens is 477 g/mol. The van der Waals surface area contributed by atoms with Crippen LogP contribution in [-0.2, 0) is 6.18 Å². The number of rotatable bonds is 4. The van der Waals surface area contributed by atoms with Gasteiger partial charge in [-0.15, -0.1) is 5.10 Å². The number of aromatic nitrogens is 3. The van der Waals surface area contributed by atoms with Crippen LogP contribution < -0.4 is 14.8 Å². The quantitative estimate of drug-likeness (QED) is 0.569. The molecule has 9 nitrogen and oxygen atoms in total. The number of urea groups is 1. The summed E-state index contributed by atoms with van der Waals surface area (Å²) in [6.07, 6.45) is -1.42. The molecule has 0 radical (unpaired) electrons. The molecule has 36 heavy (non-hydrogen) atoms. The number of piperazine rings is 1. The van der Waals surface area contributed by atoms with Crippen molar-refractivity contribution in [1.82, 2.24) is 25.0 Å². The number of hydrogen-bond donors (Lipinski definition) is 1. The van der Waals surface area contributed by atoms with Gasteiger partial charge >= 0.3 is 12.2 Å². The molecule has 0 saturated carbocycles. The first-order valence-electron chi connectivity index (χ1n) is 11.4. The second kappa shape index (κ2) is 9.97. The van der Waals surface area contributed by atoms with Gasteiger partial charge in [-0.25, -0.2) is 9.78 Å². The monoisotopic (exact) mass is 500 g/mol. The normalized spacial score (nSPS) is 18.2. The molecule has 5 rings (SSSR count). The van der Waals surface area contributed by atoms with E-state index in [0.29, 0.717) is 50.1 Å². The fraction of sp³-hybridized carbons (Fsp3) is 0.333. The summed E-state index contributed by atoms with van der Waals surface area (Å²) in [5, 5.41) is 10.4. The summed E-state index contributed by atoms with van der Waals surface area (Å²) in [7, 11) is 0. The Bertz CT molecular complexity index is 1200. The summed E-state index contributed by atoms with van der Waals surface area (Å²) in [6.45, 7) is 2.90. The number of amides is 2. The van der Waals surface area contributed by atoms with Crippen LogP contribution in [0.3, 0.4) is 0 Å². The number of anilines is 1. The van der Waals surface area contributed by atoms with E-state index in [1.165, 1.54) is 12.3 Å². The molecule has 0 aliphatic carbocycles. The lowest BCUT2D eigenvalue weighted by molar-refractivity contribution is -0.137. The zero-order chi connectivity index (χ0) is 25.1. The molecule has 2 amide bonds. The van der Waals surface area contributed by atoms with Crippen LogP contribution in [0.25, 0.3) is 0 Å². The largest absolute Gasteiger partial charge is 0.489 e. The van der Waals surface area contributed by atoms with Crippen LogP contribution in [0, 0.1) is 0 Å². The second-order valence-electron chi connectivity index (χ2n) is 8.37. The first kappa shape index (κ1) is 23.8. The van der Waals surface area contributed by atoms with E-state index in [9.17, 15) is 18.0 Å². The van der Waals surface area contributed by atoms with Crippen molar-refractivity contribution < 1.29 is 27.4 Å². The topological polar surface area (TPSA) is 92.7 Å². The minimum Gasteiger partial charge on any atom is -0.489 e. The van der Waals surface area contributed by atoms with Crippen molar-refractivity contribution in [2.45, 2.75) is 18.6 Å². The summed E-state index contributed by atoms with van der Waals surface area (Å²) in [5.41, 5.74) is 0.0916. The van der Waals surface area contributed by atoms with E-state index >= 15 is 0 Å². The fourth-order valence-corrected chi connectivity index (χ4v) is 4.35. The fourth-order valence-electron chi connectivity index (χ4n) is 4.35. The standard InChI is InChI=1S/C24H23F3N6O3/c25-24(26,27)16-6-7-21(28-15-16)36-19-4-1-3-17-18(8-14-35-22(17)19)32-10-12-33(13-11-32)23(34)30-20-5-2-9-29-31-20/h1-7,9,15,18H,8,10-14H2,(H,30,31,34). The summed E-state index contributed by atoms with van der Waals surface area (Å²) >= 11 is 0. The summed E-state index contributed by atoms with van der Waals surface area (Å²) < 4.78 is 50.2. The van der Waals surface area contributed by atoms with E-state index < -0.39 is 11.7 Å². The molecule has 1 aromatic carbocycles. The first-order chi connectivity index (χ1) is 17.4. The maximum Gasteiger partial charge on any atom is 0.417 e. The molecule has 1 fully saturated rings. The number of pyridine rings is 1. The van der Waals surface area contributed by atoms with Gasteiger partial charge in [0.1, 0.15) is 0 Å². The van der Waals surface area contributed by atoms with Gasteiger partial charge in [0.15, 0.2) is 17.3 Å². The minimum atomic E-state index is -4.46. The van der Waals surface area contributed by atoms with Crippen molar-refractivity contribution in [2.75, 3.05) is 38.1 Å². The van der Waals surface area contributed by atoms with E-state index in [2.05, 4.69) is 25.4 Å². The number of carbonyl (C=O) groups is 1. The zero-order valence-corrected chi connectivity index (χ0v) is 19.1. The van der Waals surface area contributed by atoms with Crippen molar-refractivity contribution in [3.05, 3.63) is 66.0 Å². The molecule has 1 atom stereocenters. The highest BCUT2D eigenvalue weighted by atomic mass is 19.4. The highest BCUT2D eigenvalue weighted by molar-refractivity contribution is 5.88. The van der Waals surface area contributed by atoms with Crippen LogP contribution in [0.4, 0.5) is 23.8 Å². The number of nitrogens with one attached hydrogen (secondary N) is 1. The minimum absolute atomic E-state index is 0.0462. The van der Waals surface area contributed by atoms with Gasteiger partial charge in [0.25, 0.3) is 0 Å². The molecule has 0 spiro atoms. The SMILES string of the molecule is O=C(Nc1cccnn1)N1CCN(C2CCOc3c(Oc4ccc(C(F)(F)F)cn4)cccc32)CC1. The molecule has 3 aromatic rings. The summed E-state index contributed by atoms with van der Waals surface area (Å²) in [6, 6.07) is 10.8. The molecule has 2 aliphatic heterocycles. The highest BCUT2D eigenvalue weighted by Crippen LogP contribution is 2.43. The number of alkyl halides is 3. The van der Waals surface area contributed by atoms with Crippen LogP contribution in [-0.4, -0.2) is 63.8 Å². The predicted molar refractivity (Wildman–Crippen MR) is 123 cm³/mol. The van der Waals surface area contributed by atoms with Gasteiger partial charge in [0.05, 0.1) is 12.2 Å². The molecule has 2 aliphatic rings. The van der Waals surface area contributed by atoms with Crippen LogP contribution in [0.15, 0.2) is 54.9 Å². The summed E-state index contributed by atoms with van der Waals surface area (Å²) in [4.78, 5) is 20.4. The van der Waals surface area contributed by atoms with E-state index in [1.807, 2.05) is 12.1 Å². The Morgan fingerprint density at radius 2 is 1.92 bits per heavy atom. The van der Waals surface area contributed by atoms with Crippen molar-refractivity contribution in [3.8, 4) is 17.4 Å². The number of nitrogens with zero attached hydrogens (tertiary/aromatic N) is 5. The van der Waals surface area contributed by atoms with Gasteiger partial charge in [-0.1, -0.05) is 12.1 Å². The maximum atomic E-state index is 12.8. The zero-order valence-electron chi connectivity index (χ0n) is 19.1. The van der Waals surface area contributed by atoms with Crippen LogP contribution in [0.1, 0.15) is 23.6 Å². The number of carbonyl (C=O) groups excluding carboxylic acids is 1. The lowest BCUT2D eigenvalue weighted by Crippen LogP contribution is -2.51. The van der Waals surface area contributed by atoms with Crippen molar-refractivity contribution >= 4 is 11.8 Å². The van der Waals surface area contributed by atoms with Gasteiger partial charge in [-0.2, -0.15) is 18.3 Å². The third kappa shape index (κ3) is 5.18. The summed E-state index contributed by atoms with van der Waals surface area (Å²) in [5.74, 6) is 1.40. The van der Waals surface area contributed by atoms with Crippen LogP contribution in [0.5, 0.6) is 17.4 Å². The molecule has 0 bridgehead atoms. The predicted octanol–water partition coefficient (Wildman–Crippen LogP) is 4.36. The van der Waals surface area contributed by atoms with Gasteiger partial charge < -0.3 is 14.4 Å². The van der Waals surface area contributed by atoms with E-state index in [0.717, 1.165) is 24.2 Å². The second-order valence-corrected chi connectivity index (χ2v) is 8.37. The molecule has 12 heteroatoms. The van der Waals surface area contributed by atoms with Crippen molar-refractivity contribution in [2.24, 2.45) is 0 Å². The van der Waals surface area contributed by atoms with E-state index in [1.54, 1.807) is 23.1 Å². The Kier molecular flexibility index (Phi) is 6.59. The molecule has 1 unspecified atom stereocenters. The molecule has 4 heterocycles. The molecule has 1 saturated heterocycles. The van der Waals surface area contributed by atoms with Gasteiger partial charge in [0, 0.05) is 62.7 Å². The van der Waals surface area contributed by atoms with Crippen LogP contribution >= 0.6 is 0 Å². The lowest BCUT2D eigenvalue weighted by Gasteiger charge is -2.41. The van der Waals surface area contributed by atoms with Gasteiger partial charge in [0.2, 0.25) is 5.88 Å². The number of halogens is 3.